The van der Waals surface area contributed by atoms with Crippen LogP contribution in [0.4, 0.5) is 0 Å². The molecule has 2 rings (SSSR count). The number of nitrogens with zero attached hydrogens (tertiary/aromatic N) is 1. The molecule has 2 atom stereocenters. The van der Waals surface area contributed by atoms with Crippen LogP contribution in [0.5, 0.6) is 5.75 Å². The van der Waals surface area contributed by atoms with Gasteiger partial charge in [-0.1, -0.05) is 31.9 Å². The molecule has 1 aromatic rings. The van der Waals surface area contributed by atoms with Gasteiger partial charge in [0.25, 0.3) is 0 Å². The van der Waals surface area contributed by atoms with Crippen molar-refractivity contribution in [3.8, 4) is 5.75 Å². The Kier molecular flexibility index (Phi) is 7.56. The summed E-state index contributed by atoms with van der Waals surface area (Å²) < 4.78 is 5.19. The molecule has 5 heteroatoms. The van der Waals surface area contributed by atoms with Crippen molar-refractivity contribution < 1.29 is 9.84 Å². The molecule has 0 amide bonds. The third-order valence-electron chi connectivity index (χ3n) is 5.09. The molecule has 1 aliphatic rings. The monoisotopic (exact) mass is 347 g/mol. The Bertz CT molecular complexity index is 544. The minimum atomic E-state index is -0.243. The number of rotatable bonds is 7. The van der Waals surface area contributed by atoms with Gasteiger partial charge in [0, 0.05) is 18.5 Å². The molecule has 140 valence electrons. The largest absolute Gasteiger partial charge is 0.497 e. The number of aliphatic imine (C=N–C) groups is 1. The van der Waals surface area contributed by atoms with E-state index in [4.69, 9.17) is 9.73 Å². The molecule has 3 N–H and O–H groups in total. The highest BCUT2D eigenvalue weighted by molar-refractivity contribution is 5.79. The lowest BCUT2D eigenvalue weighted by molar-refractivity contribution is 0.00716. The zero-order valence-electron chi connectivity index (χ0n) is 15.8. The highest BCUT2D eigenvalue weighted by atomic mass is 16.5. The van der Waals surface area contributed by atoms with Gasteiger partial charge in [-0.05, 0) is 43.9 Å². The molecular weight excluding hydrogens is 314 g/mol. The Labute approximate surface area is 151 Å². The summed E-state index contributed by atoms with van der Waals surface area (Å²) in [6.07, 6.45) is 4.93. The van der Waals surface area contributed by atoms with Crippen LogP contribution in [0.15, 0.2) is 29.3 Å². The van der Waals surface area contributed by atoms with Crippen LogP contribution >= 0.6 is 0 Å². The molecule has 0 spiro atoms. The predicted molar refractivity (Wildman–Crippen MR) is 103 cm³/mol. The summed E-state index contributed by atoms with van der Waals surface area (Å²) in [6, 6.07) is 8.15. The standard InChI is InChI=1S/C20H33N3O2/c1-4-21-19(23-15-20(2)13-6-5-7-18(20)24)22-14-12-16-8-10-17(25-3)11-9-16/h8-11,18,24H,4-7,12-15H2,1-3H3,(H2,21,22,23). The zero-order chi connectivity index (χ0) is 18.1. The number of nitrogens with one attached hydrogen (secondary N) is 2. The van der Waals surface area contributed by atoms with Crippen LogP contribution in [0, 0.1) is 5.41 Å². The van der Waals surface area contributed by atoms with Crippen LogP contribution in [0.2, 0.25) is 0 Å². The van der Waals surface area contributed by atoms with Crippen molar-refractivity contribution in [2.45, 2.75) is 52.1 Å². The van der Waals surface area contributed by atoms with Crippen LogP contribution in [-0.2, 0) is 6.42 Å². The van der Waals surface area contributed by atoms with Crippen LogP contribution in [0.25, 0.3) is 0 Å². The fourth-order valence-corrected chi connectivity index (χ4v) is 3.28. The molecular formula is C20H33N3O2. The van der Waals surface area contributed by atoms with E-state index in [-0.39, 0.29) is 11.5 Å². The number of hydrogen-bond acceptors (Lipinski definition) is 3. The summed E-state index contributed by atoms with van der Waals surface area (Å²) in [5.74, 6) is 1.71. The SMILES string of the molecule is CCNC(=NCC1(C)CCCCC1O)NCCc1ccc(OC)cc1. The number of ether oxygens (including phenoxy) is 1. The minimum Gasteiger partial charge on any atom is -0.497 e. The van der Waals surface area contributed by atoms with Gasteiger partial charge >= 0.3 is 0 Å². The Balaban J connectivity index is 1.86. The Hall–Kier alpha value is -1.75. The maximum Gasteiger partial charge on any atom is 0.191 e. The highest BCUT2D eigenvalue weighted by Crippen LogP contribution is 2.36. The first kappa shape index (κ1) is 19.6. The average molecular weight is 348 g/mol. The summed E-state index contributed by atoms with van der Waals surface area (Å²) in [6.45, 7) is 6.52. The van der Waals surface area contributed by atoms with Crippen molar-refractivity contribution in [2.75, 3.05) is 26.7 Å². The third kappa shape index (κ3) is 5.92. The first-order chi connectivity index (χ1) is 12.1. The average Bonchev–Trinajstić information content (AvgIpc) is 2.63. The van der Waals surface area contributed by atoms with Crippen molar-refractivity contribution >= 4 is 5.96 Å². The van der Waals surface area contributed by atoms with Gasteiger partial charge in [0.05, 0.1) is 19.8 Å². The molecule has 0 saturated heterocycles. The van der Waals surface area contributed by atoms with E-state index in [1.165, 1.54) is 12.0 Å². The Morgan fingerprint density at radius 1 is 1.28 bits per heavy atom. The van der Waals surface area contributed by atoms with Crippen molar-refractivity contribution in [3.05, 3.63) is 29.8 Å². The number of methoxy groups -OCH3 is 1. The van der Waals surface area contributed by atoms with Gasteiger partial charge in [-0.2, -0.15) is 0 Å². The van der Waals surface area contributed by atoms with E-state index in [0.717, 1.165) is 50.5 Å². The molecule has 1 saturated carbocycles. The van der Waals surface area contributed by atoms with Gasteiger partial charge in [-0.15, -0.1) is 0 Å². The van der Waals surface area contributed by atoms with Gasteiger partial charge in [-0.25, -0.2) is 0 Å². The van der Waals surface area contributed by atoms with Gasteiger partial charge in [0.2, 0.25) is 0 Å². The molecule has 0 aromatic heterocycles. The molecule has 25 heavy (non-hydrogen) atoms. The molecule has 1 aliphatic carbocycles. The number of aliphatic hydroxyl groups is 1. The number of benzene rings is 1. The summed E-state index contributed by atoms with van der Waals surface area (Å²) in [5, 5.41) is 17.0. The Morgan fingerprint density at radius 3 is 2.68 bits per heavy atom. The fourth-order valence-electron chi connectivity index (χ4n) is 3.28. The van der Waals surface area contributed by atoms with E-state index in [9.17, 15) is 5.11 Å². The van der Waals surface area contributed by atoms with E-state index in [2.05, 4.69) is 36.6 Å². The van der Waals surface area contributed by atoms with Gasteiger partial charge in [-0.3, -0.25) is 4.99 Å². The molecule has 1 aromatic carbocycles. The van der Waals surface area contributed by atoms with Crippen molar-refractivity contribution in [2.24, 2.45) is 10.4 Å². The topological polar surface area (TPSA) is 65.9 Å². The second-order valence-electron chi connectivity index (χ2n) is 7.14. The van der Waals surface area contributed by atoms with E-state index < -0.39 is 0 Å². The molecule has 0 bridgehead atoms. The predicted octanol–water partition coefficient (Wildman–Crippen LogP) is 2.73. The smallest absolute Gasteiger partial charge is 0.191 e. The first-order valence-electron chi connectivity index (χ1n) is 9.40. The quantitative estimate of drug-likeness (QED) is 0.524. The van der Waals surface area contributed by atoms with Crippen molar-refractivity contribution in [1.82, 2.24) is 10.6 Å². The van der Waals surface area contributed by atoms with E-state index in [1.54, 1.807) is 7.11 Å². The first-order valence-corrected chi connectivity index (χ1v) is 9.40. The normalized spacial score (nSPS) is 24.0. The summed E-state index contributed by atoms with van der Waals surface area (Å²) in [5.41, 5.74) is 1.16. The molecule has 0 heterocycles. The Morgan fingerprint density at radius 2 is 2.04 bits per heavy atom. The van der Waals surface area contributed by atoms with Gasteiger partial charge in [0.15, 0.2) is 5.96 Å². The zero-order valence-corrected chi connectivity index (χ0v) is 15.8. The molecule has 1 fully saturated rings. The highest BCUT2D eigenvalue weighted by Gasteiger charge is 2.35. The lowest BCUT2D eigenvalue weighted by atomic mass is 9.73. The lowest BCUT2D eigenvalue weighted by Gasteiger charge is -2.37. The second kappa shape index (κ2) is 9.66. The van der Waals surface area contributed by atoms with E-state index in [1.807, 2.05) is 12.1 Å². The molecule has 0 aliphatic heterocycles. The maximum absolute atomic E-state index is 10.3. The van der Waals surface area contributed by atoms with E-state index in [0.29, 0.717) is 6.54 Å². The van der Waals surface area contributed by atoms with Gasteiger partial charge < -0.3 is 20.5 Å². The van der Waals surface area contributed by atoms with Crippen LogP contribution in [0.3, 0.4) is 0 Å². The maximum atomic E-state index is 10.3. The van der Waals surface area contributed by atoms with Crippen molar-refractivity contribution in [3.63, 3.8) is 0 Å². The van der Waals surface area contributed by atoms with Crippen LogP contribution in [0.1, 0.15) is 45.1 Å². The summed E-state index contributed by atoms with van der Waals surface area (Å²) in [7, 11) is 1.68. The lowest BCUT2D eigenvalue weighted by Crippen LogP contribution is -2.42. The number of aliphatic hydroxyl groups excluding tert-OH is 1. The summed E-state index contributed by atoms with van der Waals surface area (Å²) in [4.78, 5) is 4.73. The van der Waals surface area contributed by atoms with Crippen LogP contribution in [-0.4, -0.2) is 43.9 Å². The molecule has 0 radical (unpaired) electrons. The van der Waals surface area contributed by atoms with Crippen molar-refractivity contribution in [1.29, 1.82) is 0 Å². The van der Waals surface area contributed by atoms with Gasteiger partial charge in [0.1, 0.15) is 5.75 Å². The number of guanidine groups is 1. The number of hydrogen-bond donors (Lipinski definition) is 3. The van der Waals surface area contributed by atoms with Crippen LogP contribution < -0.4 is 15.4 Å². The minimum absolute atomic E-state index is 0.101. The second-order valence-corrected chi connectivity index (χ2v) is 7.14. The third-order valence-corrected chi connectivity index (χ3v) is 5.09. The molecule has 5 nitrogen and oxygen atoms in total. The fraction of sp³-hybridized carbons (Fsp3) is 0.650. The summed E-state index contributed by atoms with van der Waals surface area (Å²) >= 11 is 0. The van der Waals surface area contributed by atoms with E-state index >= 15 is 0 Å². The molecule has 2 unspecified atom stereocenters.